The molecule has 1 N–H and O–H groups in total. The van der Waals surface area contributed by atoms with Gasteiger partial charge in [-0.3, -0.25) is 4.79 Å². The molecule has 24 heavy (non-hydrogen) atoms. The molecule has 0 unspecified atom stereocenters. The van der Waals surface area contributed by atoms with E-state index in [2.05, 4.69) is 20.4 Å². The van der Waals surface area contributed by atoms with E-state index in [4.69, 9.17) is 11.6 Å². The Balaban J connectivity index is 1.59. The van der Waals surface area contributed by atoms with Crippen molar-refractivity contribution in [2.45, 2.75) is 19.8 Å². The fourth-order valence-electron chi connectivity index (χ4n) is 2.82. The van der Waals surface area contributed by atoms with E-state index in [1.54, 1.807) is 18.2 Å². The molecule has 0 bridgehead atoms. The van der Waals surface area contributed by atoms with Crippen molar-refractivity contribution in [1.29, 1.82) is 0 Å². The van der Waals surface area contributed by atoms with Crippen molar-refractivity contribution in [3.8, 4) is 0 Å². The van der Waals surface area contributed by atoms with Crippen molar-refractivity contribution >= 4 is 29.0 Å². The first-order valence-corrected chi connectivity index (χ1v) is 8.22. The number of aryl methyl sites for hydroxylation is 1. The third-order valence-corrected chi connectivity index (χ3v) is 4.39. The highest BCUT2D eigenvalue weighted by Gasteiger charge is 2.26. The molecular weight excluding hydrogens is 331 g/mol. The number of amides is 1. The van der Waals surface area contributed by atoms with Crippen LogP contribution in [0, 0.1) is 18.7 Å². The van der Waals surface area contributed by atoms with E-state index in [0.717, 1.165) is 11.4 Å². The Morgan fingerprint density at radius 2 is 2.00 bits per heavy atom. The Labute approximate surface area is 144 Å². The quantitative estimate of drug-likeness (QED) is 0.923. The average molecular weight is 349 g/mol. The van der Waals surface area contributed by atoms with Gasteiger partial charge >= 0.3 is 0 Å². The first-order valence-electron chi connectivity index (χ1n) is 7.84. The second-order valence-corrected chi connectivity index (χ2v) is 6.34. The summed E-state index contributed by atoms with van der Waals surface area (Å²) in [6, 6.07) is 8.20. The minimum atomic E-state index is -0.414. The number of hydrogen-bond acceptors (Lipinski definition) is 4. The van der Waals surface area contributed by atoms with E-state index in [1.807, 2.05) is 13.0 Å². The second kappa shape index (κ2) is 7.13. The lowest BCUT2D eigenvalue weighted by atomic mass is 9.95. The molecule has 2 aromatic rings. The third-order valence-electron chi connectivity index (χ3n) is 4.19. The standard InChI is InChI=1S/C17H18ClFN4O/c1-11-2-3-13(19)14(10-11)20-17(24)12-6-8-23(9-7-12)16-5-4-15(18)21-22-16/h2-5,10,12H,6-9H2,1H3,(H,20,24). The number of carbonyl (C=O) groups is 1. The molecule has 1 aliphatic rings. The fourth-order valence-corrected chi connectivity index (χ4v) is 2.92. The number of carbonyl (C=O) groups excluding carboxylic acids is 1. The lowest BCUT2D eigenvalue weighted by molar-refractivity contribution is -0.120. The molecule has 0 radical (unpaired) electrons. The summed E-state index contributed by atoms with van der Waals surface area (Å²) < 4.78 is 13.8. The van der Waals surface area contributed by atoms with Crippen molar-refractivity contribution in [1.82, 2.24) is 10.2 Å². The summed E-state index contributed by atoms with van der Waals surface area (Å²) in [4.78, 5) is 14.4. The van der Waals surface area contributed by atoms with Crippen LogP contribution in [0.5, 0.6) is 0 Å². The number of piperidine rings is 1. The van der Waals surface area contributed by atoms with Gasteiger partial charge in [0.2, 0.25) is 5.91 Å². The first kappa shape index (κ1) is 16.6. The number of aromatic nitrogens is 2. The minimum Gasteiger partial charge on any atom is -0.355 e. The van der Waals surface area contributed by atoms with Crippen LogP contribution < -0.4 is 10.2 Å². The van der Waals surface area contributed by atoms with Crippen molar-refractivity contribution in [3.05, 3.63) is 46.9 Å². The smallest absolute Gasteiger partial charge is 0.227 e. The number of anilines is 2. The Morgan fingerprint density at radius 3 is 2.67 bits per heavy atom. The molecule has 1 aromatic carbocycles. The van der Waals surface area contributed by atoms with Crippen molar-refractivity contribution in [2.75, 3.05) is 23.3 Å². The number of nitrogens with one attached hydrogen (secondary N) is 1. The molecule has 5 nitrogen and oxygen atoms in total. The van der Waals surface area contributed by atoms with Gasteiger partial charge in [0.05, 0.1) is 5.69 Å². The van der Waals surface area contributed by atoms with Gasteiger partial charge in [0.25, 0.3) is 0 Å². The van der Waals surface area contributed by atoms with Crippen LogP contribution in [0.4, 0.5) is 15.9 Å². The largest absolute Gasteiger partial charge is 0.355 e. The Hall–Kier alpha value is -2.21. The van der Waals surface area contributed by atoms with Gasteiger partial charge in [0, 0.05) is 19.0 Å². The van der Waals surface area contributed by atoms with Crippen LogP contribution >= 0.6 is 11.6 Å². The highest BCUT2D eigenvalue weighted by atomic mass is 35.5. The maximum absolute atomic E-state index is 13.8. The maximum atomic E-state index is 13.8. The number of nitrogens with zero attached hydrogens (tertiary/aromatic N) is 3. The predicted molar refractivity (Wildman–Crippen MR) is 91.7 cm³/mol. The monoisotopic (exact) mass is 348 g/mol. The van der Waals surface area contributed by atoms with Crippen LogP contribution in [0.15, 0.2) is 30.3 Å². The van der Waals surface area contributed by atoms with Gasteiger partial charge in [0.15, 0.2) is 11.0 Å². The van der Waals surface area contributed by atoms with Crippen LogP contribution in [0.2, 0.25) is 5.15 Å². The van der Waals surface area contributed by atoms with Gasteiger partial charge in [-0.15, -0.1) is 10.2 Å². The molecule has 7 heteroatoms. The van der Waals surface area contributed by atoms with Gasteiger partial charge in [0.1, 0.15) is 5.82 Å². The normalized spacial score (nSPS) is 15.4. The Bertz CT molecular complexity index is 730. The highest BCUT2D eigenvalue weighted by Crippen LogP contribution is 2.24. The van der Waals surface area contributed by atoms with E-state index in [-0.39, 0.29) is 17.5 Å². The maximum Gasteiger partial charge on any atom is 0.227 e. The predicted octanol–water partition coefficient (Wildman–Crippen LogP) is 3.43. The molecule has 0 atom stereocenters. The van der Waals surface area contributed by atoms with Crippen LogP contribution in [-0.2, 0) is 4.79 Å². The summed E-state index contributed by atoms with van der Waals surface area (Å²) in [5.74, 6) is 0.0635. The SMILES string of the molecule is Cc1ccc(F)c(NC(=O)C2CCN(c3ccc(Cl)nn3)CC2)c1. The molecule has 3 rings (SSSR count). The number of halogens is 2. The molecule has 0 aliphatic carbocycles. The van der Waals surface area contributed by atoms with Crippen molar-refractivity contribution < 1.29 is 9.18 Å². The third kappa shape index (κ3) is 3.82. The topological polar surface area (TPSA) is 58.1 Å². The highest BCUT2D eigenvalue weighted by molar-refractivity contribution is 6.29. The summed E-state index contributed by atoms with van der Waals surface area (Å²) >= 11 is 5.74. The molecule has 126 valence electrons. The zero-order valence-corrected chi connectivity index (χ0v) is 14.1. The molecule has 1 saturated heterocycles. The molecule has 2 heterocycles. The Kier molecular flexibility index (Phi) is 4.94. The molecule has 0 saturated carbocycles. The number of benzene rings is 1. The van der Waals surface area contributed by atoms with Gasteiger partial charge in [-0.05, 0) is 49.6 Å². The first-order chi connectivity index (χ1) is 11.5. The zero-order valence-electron chi connectivity index (χ0n) is 13.3. The van der Waals surface area contributed by atoms with E-state index in [1.165, 1.54) is 6.07 Å². The summed E-state index contributed by atoms with van der Waals surface area (Å²) in [5.41, 5.74) is 1.15. The lowest BCUT2D eigenvalue weighted by Crippen LogP contribution is -2.38. The van der Waals surface area contributed by atoms with Crippen LogP contribution in [0.1, 0.15) is 18.4 Å². The number of hydrogen-bond donors (Lipinski definition) is 1. The van der Waals surface area contributed by atoms with Gasteiger partial charge in [-0.1, -0.05) is 17.7 Å². The Morgan fingerprint density at radius 1 is 1.25 bits per heavy atom. The van der Waals surface area contributed by atoms with Gasteiger partial charge < -0.3 is 10.2 Å². The molecular formula is C17H18ClFN4O. The van der Waals surface area contributed by atoms with Crippen LogP contribution in [-0.4, -0.2) is 29.2 Å². The molecule has 1 aliphatic heterocycles. The van der Waals surface area contributed by atoms with Crippen LogP contribution in [0.25, 0.3) is 0 Å². The lowest BCUT2D eigenvalue weighted by Gasteiger charge is -2.31. The molecule has 0 spiro atoms. The van der Waals surface area contributed by atoms with E-state index in [0.29, 0.717) is 31.1 Å². The zero-order chi connectivity index (χ0) is 17.1. The van der Waals surface area contributed by atoms with Gasteiger partial charge in [-0.25, -0.2) is 4.39 Å². The summed E-state index contributed by atoms with van der Waals surface area (Å²) in [7, 11) is 0. The van der Waals surface area contributed by atoms with Crippen molar-refractivity contribution in [3.63, 3.8) is 0 Å². The van der Waals surface area contributed by atoms with E-state index in [9.17, 15) is 9.18 Å². The summed E-state index contributed by atoms with van der Waals surface area (Å²) in [6.45, 7) is 3.26. The average Bonchev–Trinajstić information content (AvgIpc) is 2.59. The summed E-state index contributed by atoms with van der Waals surface area (Å²) in [6.07, 6.45) is 1.37. The molecule has 1 fully saturated rings. The molecule has 1 aromatic heterocycles. The van der Waals surface area contributed by atoms with E-state index >= 15 is 0 Å². The van der Waals surface area contributed by atoms with Gasteiger partial charge in [-0.2, -0.15) is 0 Å². The summed E-state index contributed by atoms with van der Waals surface area (Å²) in [5, 5.41) is 10.9. The van der Waals surface area contributed by atoms with Crippen molar-refractivity contribution in [2.24, 2.45) is 5.92 Å². The minimum absolute atomic E-state index is 0.138. The number of rotatable bonds is 3. The second-order valence-electron chi connectivity index (χ2n) is 5.95. The molecule has 1 amide bonds. The van der Waals surface area contributed by atoms with E-state index < -0.39 is 5.82 Å². The fraction of sp³-hybridized carbons (Fsp3) is 0.353. The van der Waals surface area contributed by atoms with Crippen LogP contribution in [0.3, 0.4) is 0 Å².